The Bertz CT molecular complexity index is 1100. The molecule has 0 aliphatic carbocycles. The van der Waals surface area contributed by atoms with Crippen LogP contribution >= 0.6 is 0 Å². The summed E-state index contributed by atoms with van der Waals surface area (Å²) in [5, 5.41) is 3.01. The Kier molecular flexibility index (Phi) is 7.81. The number of ether oxygens (including phenoxy) is 2. The maximum absolute atomic E-state index is 13.3. The SMILES string of the molecule is COc1cc(CNC(=O)C(c2ccccc2)N2CCCCC2=O)ccc1OCc1ccccc1. The highest BCUT2D eigenvalue weighted by Gasteiger charge is 2.32. The van der Waals surface area contributed by atoms with Crippen molar-refractivity contribution in [2.24, 2.45) is 0 Å². The molecular weight excluding hydrogens is 428 g/mol. The molecule has 34 heavy (non-hydrogen) atoms. The molecule has 0 radical (unpaired) electrons. The number of hydrogen-bond acceptors (Lipinski definition) is 4. The number of likely N-dealkylation sites (tertiary alicyclic amines) is 1. The summed E-state index contributed by atoms with van der Waals surface area (Å²) in [7, 11) is 1.60. The number of methoxy groups -OCH3 is 1. The van der Waals surface area contributed by atoms with E-state index in [1.54, 1.807) is 12.0 Å². The predicted octanol–water partition coefficient (Wildman–Crippen LogP) is 4.64. The van der Waals surface area contributed by atoms with E-state index in [1.165, 1.54) is 0 Å². The van der Waals surface area contributed by atoms with Crippen molar-refractivity contribution in [1.29, 1.82) is 0 Å². The Labute approximate surface area is 200 Å². The van der Waals surface area contributed by atoms with Gasteiger partial charge in [-0.2, -0.15) is 0 Å². The Hall–Kier alpha value is -3.80. The highest BCUT2D eigenvalue weighted by molar-refractivity contribution is 5.89. The van der Waals surface area contributed by atoms with Gasteiger partial charge in [0, 0.05) is 19.5 Å². The zero-order valence-corrected chi connectivity index (χ0v) is 19.4. The largest absolute Gasteiger partial charge is 0.493 e. The molecule has 6 nitrogen and oxygen atoms in total. The molecule has 1 saturated heterocycles. The van der Waals surface area contributed by atoms with Crippen LogP contribution in [0.2, 0.25) is 0 Å². The second-order valence-corrected chi connectivity index (χ2v) is 8.33. The first-order chi connectivity index (χ1) is 16.7. The summed E-state index contributed by atoms with van der Waals surface area (Å²) in [5.41, 5.74) is 2.77. The van der Waals surface area contributed by atoms with Gasteiger partial charge >= 0.3 is 0 Å². The van der Waals surface area contributed by atoms with Crippen LogP contribution in [0, 0.1) is 0 Å². The van der Waals surface area contributed by atoms with Crippen molar-refractivity contribution < 1.29 is 19.1 Å². The van der Waals surface area contributed by atoms with E-state index in [-0.39, 0.29) is 11.8 Å². The summed E-state index contributed by atoms with van der Waals surface area (Å²) in [6, 6.07) is 24.4. The second kappa shape index (κ2) is 11.4. The first kappa shape index (κ1) is 23.4. The van der Waals surface area contributed by atoms with Crippen LogP contribution in [0.1, 0.15) is 42.0 Å². The van der Waals surface area contributed by atoms with Crippen LogP contribution in [-0.2, 0) is 22.7 Å². The molecule has 3 aromatic rings. The number of nitrogens with one attached hydrogen (secondary N) is 1. The summed E-state index contributed by atoms with van der Waals surface area (Å²) in [4.78, 5) is 27.6. The molecule has 0 spiro atoms. The van der Waals surface area contributed by atoms with Crippen molar-refractivity contribution in [2.45, 2.75) is 38.5 Å². The highest BCUT2D eigenvalue weighted by Crippen LogP contribution is 2.29. The lowest BCUT2D eigenvalue weighted by atomic mass is 10.0. The minimum Gasteiger partial charge on any atom is -0.493 e. The van der Waals surface area contributed by atoms with Crippen LogP contribution < -0.4 is 14.8 Å². The quantitative estimate of drug-likeness (QED) is 0.507. The molecule has 176 valence electrons. The normalized spacial score (nSPS) is 14.4. The molecule has 4 rings (SSSR count). The molecule has 1 fully saturated rings. The van der Waals surface area contributed by atoms with E-state index in [0.717, 1.165) is 29.5 Å². The third-order valence-corrected chi connectivity index (χ3v) is 5.97. The molecule has 0 aromatic heterocycles. The van der Waals surface area contributed by atoms with Gasteiger partial charge in [0.2, 0.25) is 11.8 Å². The van der Waals surface area contributed by atoms with Crippen LogP contribution in [0.3, 0.4) is 0 Å². The minimum atomic E-state index is -0.635. The monoisotopic (exact) mass is 458 g/mol. The number of piperidine rings is 1. The zero-order valence-electron chi connectivity index (χ0n) is 19.4. The molecule has 3 aromatic carbocycles. The zero-order chi connectivity index (χ0) is 23.8. The molecule has 1 aliphatic heterocycles. The van der Waals surface area contributed by atoms with Crippen molar-refractivity contribution >= 4 is 11.8 Å². The molecule has 1 atom stereocenters. The van der Waals surface area contributed by atoms with Crippen molar-refractivity contribution in [3.05, 3.63) is 95.6 Å². The van der Waals surface area contributed by atoms with Gasteiger partial charge in [-0.15, -0.1) is 0 Å². The molecular formula is C28H30N2O4. The maximum atomic E-state index is 13.3. The van der Waals surface area contributed by atoms with Crippen LogP contribution in [0.5, 0.6) is 11.5 Å². The summed E-state index contributed by atoms with van der Waals surface area (Å²) >= 11 is 0. The van der Waals surface area contributed by atoms with Gasteiger partial charge in [-0.05, 0) is 41.7 Å². The van der Waals surface area contributed by atoms with Gasteiger partial charge in [-0.1, -0.05) is 66.7 Å². The lowest BCUT2D eigenvalue weighted by Crippen LogP contribution is -2.45. The Morgan fingerprint density at radius 1 is 0.941 bits per heavy atom. The van der Waals surface area contributed by atoms with E-state index in [9.17, 15) is 9.59 Å². The molecule has 1 aliphatic rings. The third kappa shape index (κ3) is 5.76. The molecule has 1 unspecified atom stereocenters. The van der Waals surface area contributed by atoms with Gasteiger partial charge in [0.25, 0.3) is 0 Å². The van der Waals surface area contributed by atoms with Crippen molar-refractivity contribution in [2.75, 3.05) is 13.7 Å². The molecule has 2 amide bonds. The Morgan fingerprint density at radius 3 is 2.38 bits per heavy atom. The van der Waals surface area contributed by atoms with Crippen molar-refractivity contribution in [1.82, 2.24) is 10.2 Å². The molecule has 0 saturated carbocycles. The average molecular weight is 459 g/mol. The first-order valence-electron chi connectivity index (χ1n) is 11.6. The van der Waals surface area contributed by atoms with Crippen LogP contribution in [0.15, 0.2) is 78.9 Å². The number of rotatable bonds is 9. The summed E-state index contributed by atoms with van der Waals surface area (Å²) in [6.07, 6.45) is 2.26. The smallest absolute Gasteiger partial charge is 0.247 e. The number of carbonyl (C=O) groups is 2. The average Bonchev–Trinajstić information content (AvgIpc) is 2.89. The molecule has 1 N–H and O–H groups in total. The number of benzene rings is 3. The maximum Gasteiger partial charge on any atom is 0.247 e. The fourth-order valence-corrected chi connectivity index (χ4v) is 4.17. The fraction of sp³-hybridized carbons (Fsp3) is 0.286. The molecule has 6 heteroatoms. The van der Waals surface area contributed by atoms with Gasteiger partial charge in [0.1, 0.15) is 12.6 Å². The van der Waals surface area contributed by atoms with Crippen molar-refractivity contribution in [3.63, 3.8) is 0 Å². The van der Waals surface area contributed by atoms with E-state index in [4.69, 9.17) is 9.47 Å². The minimum absolute atomic E-state index is 0.0249. The van der Waals surface area contributed by atoms with Crippen LogP contribution in [0.25, 0.3) is 0 Å². The summed E-state index contributed by atoms with van der Waals surface area (Å²) < 4.78 is 11.4. The standard InChI is InChI=1S/C28H30N2O4/c1-33-25-18-22(15-16-24(25)34-20-21-10-4-2-5-11-21)19-29-28(32)27(23-12-6-3-7-13-23)30-17-9-8-14-26(30)31/h2-7,10-13,15-16,18,27H,8-9,14,17,19-20H2,1H3,(H,29,32). The fourth-order valence-electron chi connectivity index (χ4n) is 4.17. The van der Waals surface area contributed by atoms with Gasteiger partial charge in [0.05, 0.1) is 7.11 Å². The summed E-state index contributed by atoms with van der Waals surface area (Å²) in [5.74, 6) is 1.08. The van der Waals surface area contributed by atoms with E-state index in [1.807, 2.05) is 78.9 Å². The van der Waals surface area contributed by atoms with E-state index in [2.05, 4.69) is 5.32 Å². The van der Waals surface area contributed by atoms with Gasteiger partial charge < -0.3 is 19.7 Å². The van der Waals surface area contributed by atoms with Gasteiger partial charge in [-0.3, -0.25) is 9.59 Å². The second-order valence-electron chi connectivity index (χ2n) is 8.33. The highest BCUT2D eigenvalue weighted by atomic mass is 16.5. The number of hydrogen-bond donors (Lipinski definition) is 1. The third-order valence-electron chi connectivity index (χ3n) is 5.97. The number of nitrogens with zero attached hydrogens (tertiary/aromatic N) is 1. The lowest BCUT2D eigenvalue weighted by Gasteiger charge is -2.34. The van der Waals surface area contributed by atoms with E-state index < -0.39 is 6.04 Å². The van der Waals surface area contributed by atoms with Gasteiger partial charge in [0.15, 0.2) is 11.5 Å². The van der Waals surface area contributed by atoms with Crippen LogP contribution in [0.4, 0.5) is 0 Å². The summed E-state index contributed by atoms with van der Waals surface area (Å²) in [6.45, 7) is 1.35. The molecule has 0 bridgehead atoms. The topological polar surface area (TPSA) is 67.9 Å². The van der Waals surface area contributed by atoms with Crippen LogP contribution in [-0.4, -0.2) is 30.4 Å². The number of carbonyl (C=O) groups excluding carboxylic acids is 2. The van der Waals surface area contributed by atoms with E-state index in [0.29, 0.717) is 37.6 Å². The van der Waals surface area contributed by atoms with Gasteiger partial charge in [-0.25, -0.2) is 0 Å². The Balaban J connectivity index is 1.44. The Morgan fingerprint density at radius 2 is 1.68 bits per heavy atom. The lowest BCUT2D eigenvalue weighted by molar-refractivity contribution is -0.142. The first-order valence-corrected chi connectivity index (χ1v) is 11.6. The van der Waals surface area contributed by atoms with E-state index >= 15 is 0 Å². The molecule has 1 heterocycles. The number of amides is 2. The van der Waals surface area contributed by atoms with Crippen molar-refractivity contribution in [3.8, 4) is 11.5 Å². The predicted molar refractivity (Wildman–Crippen MR) is 130 cm³/mol.